The van der Waals surface area contributed by atoms with Crippen molar-refractivity contribution in [3.8, 4) is 0 Å². The van der Waals surface area contributed by atoms with E-state index >= 15 is 0 Å². The highest BCUT2D eigenvalue weighted by Crippen LogP contribution is 2.24. The Kier molecular flexibility index (Phi) is 6.29. The van der Waals surface area contributed by atoms with E-state index in [9.17, 15) is 17.6 Å². The van der Waals surface area contributed by atoms with Crippen LogP contribution in [0.15, 0.2) is 53.0 Å². The van der Waals surface area contributed by atoms with Crippen LogP contribution in [0.2, 0.25) is 0 Å². The molecule has 1 aliphatic heterocycles. The Morgan fingerprint density at radius 1 is 1.22 bits per heavy atom. The molecule has 0 bridgehead atoms. The van der Waals surface area contributed by atoms with Crippen molar-refractivity contribution >= 4 is 37.5 Å². The smallest absolute Gasteiger partial charge is 0.228 e. The van der Waals surface area contributed by atoms with Crippen LogP contribution in [-0.2, 0) is 20.6 Å². The number of benzene rings is 2. The predicted octanol–water partition coefficient (Wildman–Crippen LogP) is 3.77. The highest BCUT2D eigenvalue weighted by molar-refractivity contribution is 9.10. The van der Waals surface area contributed by atoms with Gasteiger partial charge in [0.2, 0.25) is 15.9 Å². The summed E-state index contributed by atoms with van der Waals surface area (Å²) in [6.07, 6.45) is 1.16. The van der Waals surface area contributed by atoms with E-state index in [1.54, 1.807) is 30.3 Å². The van der Waals surface area contributed by atoms with Crippen LogP contribution in [0.4, 0.5) is 10.1 Å². The number of sulfonamides is 1. The monoisotopic (exact) mass is 454 g/mol. The lowest BCUT2D eigenvalue weighted by Crippen LogP contribution is -2.44. The molecule has 0 saturated carbocycles. The van der Waals surface area contributed by atoms with Crippen LogP contribution in [0.25, 0.3) is 0 Å². The van der Waals surface area contributed by atoms with Gasteiger partial charge in [0.05, 0.1) is 17.4 Å². The van der Waals surface area contributed by atoms with E-state index < -0.39 is 21.8 Å². The molecule has 1 saturated heterocycles. The van der Waals surface area contributed by atoms with Crippen LogP contribution < -0.4 is 5.32 Å². The van der Waals surface area contributed by atoms with E-state index in [1.165, 1.54) is 16.4 Å². The third kappa shape index (κ3) is 5.15. The lowest BCUT2D eigenvalue weighted by molar-refractivity contribution is -0.120. The van der Waals surface area contributed by atoms with Crippen LogP contribution in [0.1, 0.15) is 18.4 Å². The van der Waals surface area contributed by atoms with Crippen LogP contribution in [-0.4, -0.2) is 31.7 Å². The van der Waals surface area contributed by atoms with Gasteiger partial charge in [0.25, 0.3) is 0 Å². The van der Waals surface area contributed by atoms with E-state index in [2.05, 4.69) is 21.2 Å². The molecule has 0 unspecified atom stereocenters. The molecule has 1 N–H and O–H groups in total. The second kappa shape index (κ2) is 8.50. The molecule has 0 spiro atoms. The highest BCUT2D eigenvalue weighted by atomic mass is 79.9. The average Bonchev–Trinajstić information content (AvgIpc) is 2.64. The van der Waals surface area contributed by atoms with Crippen molar-refractivity contribution in [1.29, 1.82) is 0 Å². The van der Waals surface area contributed by atoms with Gasteiger partial charge in [-0.1, -0.05) is 46.3 Å². The number of piperidine rings is 1. The van der Waals surface area contributed by atoms with E-state index in [-0.39, 0.29) is 23.9 Å². The van der Waals surface area contributed by atoms with Crippen LogP contribution in [0, 0.1) is 11.7 Å². The minimum Gasteiger partial charge on any atom is -0.323 e. The number of hydrogen-bond donors (Lipinski definition) is 1. The van der Waals surface area contributed by atoms with E-state index in [0.717, 1.165) is 0 Å². The summed E-state index contributed by atoms with van der Waals surface area (Å²) < 4.78 is 41.3. The second-order valence-electron chi connectivity index (χ2n) is 6.55. The molecule has 5 nitrogen and oxygen atoms in total. The van der Waals surface area contributed by atoms with Gasteiger partial charge >= 0.3 is 0 Å². The second-order valence-corrected chi connectivity index (χ2v) is 9.44. The van der Waals surface area contributed by atoms with Crippen molar-refractivity contribution in [3.05, 3.63) is 64.4 Å². The number of nitrogens with one attached hydrogen (secondary N) is 1. The largest absolute Gasteiger partial charge is 0.323 e. The zero-order chi connectivity index (χ0) is 19.4. The lowest BCUT2D eigenvalue weighted by Gasteiger charge is -2.31. The van der Waals surface area contributed by atoms with Gasteiger partial charge in [-0.3, -0.25) is 4.79 Å². The van der Waals surface area contributed by atoms with Gasteiger partial charge in [-0.2, -0.15) is 0 Å². The summed E-state index contributed by atoms with van der Waals surface area (Å²) in [6, 6.07) is 13.3. The fraction of sp³-hybridized carbons (Fsp3) is 0.316. The Bertz CT molecular complexity index is 922. The maximum atomic E-state index is 13.9. The zero-order valence-electron chi connectivity index (χ0n) is 14.6. The summed E-state index contributed by atoms with van der Waals surface area (Å²) in [6.45, 7) is 0.505. The molecule has 2 aromatic rings. The molecule has 0 aromatic heterocycles. The molecule has 0 radical (unpaired) electrons. The molecular weight excluding hydrogens is 435 g/mol. The number of nitrogens with zero attached hydrogens (tertiary/aromatic N) is 1. The molecule has 1 aliphatic rings. The number of rotatable bonds is 5. The van der Waals surface area contributed by atoms with Gasteiger partial charge in [-0.15, -0.1) is 0 Å². The first-order valence-corrected chi connectivity index (χ1v) is 11.0. The third-order valence-electron chi connectivity index (χ3n) is 4.53. The first kappa shape index (κ1) is 20.0. The summed E-state index contributed by atoms with van der Waals surface area (Å²) in [5.74, 6) is -1.51. The molecule has 0 aliphatic carbocycles. The number of carbonyl (C=O) groups excluding carboxylic acids is 1. The Balaban J connectivity index is 1.67. The minimum absolute atomic E-state index is 0.0902. The molecule has 1 amide bonds. The van der Waals surface area contributed by atoms with E-state index in [4.69, 9.17) is 0 Å². The maximum absolute atomic E-state index is 13.9. The number of hydrogen-bond acceptors (Lipinski definition) is 3. The lowest BCUT2D eigenvalue weighted by atomic mass is 9.98. The molecule has 1 fully saturated rings. The summed E-state index contributed by atoms with van der Waals surface area (Å²) in [5, 5.41) is 2.57. The van der Waals surface area contributed by atoms with Crippen LogP contribution in [0.5, 0.6) is 0 Å². The first-order chi connectivity index (χ1) is 12.8. The van der Waals surface area contributed by atoms with Crippen LogP contribution >= 0.6 is 15.9 Å². The minimum atomic E-state index is -3.52. The Morgan fingerprint density at radius 2 is 1.96 bits per heavy atom. The van der Waals surface area contributed by atoms with E-state index in [0.29, 0.717) is 29.4 Å². The fourth-order valence-electron chi connectivity index (χ4n) is 3.11. The SMILES string of the molecule is O=C(Nc1ccc(Br)cc1F)[C@H]1CCCN(S(=O)(=O)Cc2ccccc2)C1. The summed E-state index contributed by atoms with van der Waals surface area (Å²) >= 11 is 3.17. The van der Waals surface area contributed by atoms with Crippen molar-refractivity contribution in [2.45, 2.75) is 18.6 Å². The zero-order valence-corrected chi connectivity index (χ0v) is 17.0. The number of anilines is 1. The maximum Gasteiger partial charge on any atom is 0.228 e. The van der Waals surface area contributed by atoms with Crippen LogP contribution in [0.3, 0.4) is 0 Å². The van der Waals surface area contributed by atoms with Gasteiger partial charge in [0.15, 0.2) is 0 Å². The Labute approximate surface area is 166 Å². The molecule has 3 rings (SSSR count). The van der Waals surface area contributed by atoms with Crippen molar-refractivity contribution in [3.63, 3.8) is 0 Å². The van der Waals surface area contributed by atoms with Gasteiger partial charge in [0.1, 0.15) is 5.82 Å². The summed E-state index contributed by atoms with van der Waals surface area (Å²) in [4.78, 5) is 12.5. The summed E-state index contributed by atoms with van der Waals surface area (Å²) in [7, 11) is -3.52. The normalized spacial score (nSPS) is 18.2. The number of amides is 1. The molecule has 8 heteroatoms. The molecule has 1 heterocycles. The molecular formula is C19H20BrFN2O3S. The average molecular weight is 455 g/mol. The topological polar surface area (TPSA) is 66.5 Å². The molecule has 1 atom stereocenters. The third-order valence-corrected chi connectivity index (χ3v) is 6.84. The molecule has 27 heavy (non-hydrogen) atoms. The molecule has 2 aromatic carbocycles. The first-order valence-electron chi connectivity index (χ1n) is 8.63. The quantitative estimate of drug-likeness (QED) is 0.747. The van der Waals surface area contributed by atoms with Crippen molar-refractivity contribution in [2.24, 2.45) is 5.92 Å². The van der Waals surface area contributed by atoms with Gasteiger partial charge in [-0.25, -0.2) is 17.1 Å². The van der Waals surface area contributed by atoms with Crippen molar-refractivity contribution < 1.29 is 17.6 Å². The predicted molar refractivity (Wildman–Crippen MR) is 106 cm³/mol. The van der Waals surface area contributed by atoms with Gasteiger partial charge < -0.3 is 5.32 Å². The Morgan fingerprint density at radius 3 is 2.67 bits per heavy atom. The molecule has 144 valence electrons. The van der Waals surface area contributed by atoms with Crippen molar-refractivity contribution in [1.82, 2.24) is 4.31 Å². The van der Waals surface area contributed by atoms with E-state index in [1.807, 2.05) is 6.07 Å². The standard InChI is InChI=1S/C19H20BrFN2O3S/c20-16-8-9-18(17(21)11-16)22-19(24)15-7-4-10-23(12-15)27(25,26)13-14-5-2-1-3-6-14/h1-3,5-6,8-9,11,15H,4,7,10,12-13H2,(H,22,24)/t15-/m0/s1. The number of halogens is 2. The Hall–Kier alpha value is -1.77. The highest BCUT2D eigenvalue weighted by Gasteiger charge is 2.32. The summed E-state index contributed by atoms with van der Waals surface area (Å²) in [5.41, 5.74) is 0.800. The van der Waals surface area contributed by atoms with Crippen molar-refractivity contribution in [2.75, 3.05) is 18.4 Å². The van der Waals surface area contributed by atoms with Gasteiger partial charge in [0, 0.05) is 17.6 Å². The fourth-order valence-corrected chi connectivity index (χ4v) is 5.05. The van der Waals surface area contributed by atoms with Gasteiger partial charge in [-0.05, 0) is 36.6 Å². The number of carbonyl (C=O) groups is 1.